The van der Waals surface area contributed by atoms with E-state index in [1.54, 1.807) is 0 Å². The van der Waals surface area contributed by atoms with Crippen LogP contribution in [-0.2, 0) is 4.74 Å². The number of ether oxygens (including phenoxy) is 3. The van der Waals surface area contributed by atoms with Gasteiger partial charge < -0.3 is 19.9 Å². The van der Waals surface area contributed by atoms with E-state index in [1.165, 1.54) is 0 Å². The zero-order valence-electron chi connectivity index (χ0n) is 12.3. The molecule has 0 bridgehead atoms. The summed E-state index contributed by atoms with van der Waals surface area (Å²) < 4.78 is 16.6. The fourth-order valence-corrected chi connectivity index (χ4v) is 2.35. The van der Waals surface area contributed by atoms with Crippen molar-refractivity contribution in [2.45, 2.75) is 13.0 Å². The van der Waals surface area contributed by atoms with Crippen LogP contribution in [0.1, 0.15) is 18.5 Å². The van der Waals surface area contributed by atoms with Gasteiger partial charge in [-0.1, -0.05) is 6.07 Å². The fraction of sp³-hybridized carbons (Fsp3) is 0.600. The number of hydrogen-bond acceptors (Lipinski definition) is 5. The van der Waals surface area contributed by atoms with Crippen molar-refractivity contribution in [1.29, 1.82) is 0 Å². The molecule has 0 saturated heterocycles. The Morgan fingerprint density at radius 1 is 1.30 bits per heavy atom. The molecular weight excluding hydrogens is 256 g/mol. The van der Waals surface area contributed by atoms with Gasteiger partial charge in [0.25, 0.3) is 0 Å². The summed E-state index contributed by atoms with van der Waals surface area (Å²) in [7, 11) is 2.06. The van der Waals surface area contributed by atoms with E-state index >= 15 is 0 Å². The van der Waals surface area contributed by atoms with Crippen LogP contribution in [0.4, 0.5) is 0 Å². The van der Waals surface area contributed by atoms with Crippen molar-refractivity contribution in [2.75, 3.05) is 46.6 Å². The van der Waals surface area contributed by atoms with Crippen molar-refractivity contribution >= 4 is 0 Å². The van der Waals surface area contributed by atoms with E-state index in [0.29, 0.717) is 26.4 Å². The lowest BCUT2D eigenvalue weighted by Crippen LogP contribution is -2.33. The van der Waals surface area contributed by atoms with Crippen LogP contribution < -0.4 is 15.2 Å². The number of nitrogens with two attached hydrogens (primary N) is 1. The molecule has 0 aromatic heterocycles. The van der Waals surface area contributed by atoms with Gasteiger partial charge in [0, 0.05) is 25.7 Å². The lowest BCUT2D eigenvalue weighted by atomic mass is 10.0. The van der Waals surface area contributed by atoms with E-state index in [4.69, 9.17) is 19.9 Å². The zero-order chi connectivity index (χ0) is 14.4. The molecule has 0 aliphatic carbocycles. The van der Waals surface area contributed by atoms with Crippen molar-refractivity contribution in [3.63, 3.8) is 0 Å². The zero-order valence-corrected chi connectivity index (χ0v) is 12.3. The Morgan fingerprint density at radius 2 is 2.05 bits per heavy atom. The number of benzene rings is 1. The molecule has 0 saturated carbocycles. The second-order valence-corrected chi connectivity index (χ2v) is 4.83. The van der Waals surface area contributed by atoms with E-state index in [0.717, 1.165) is 30.2 Å². The van der Waals surface area contributed by atoms with Gasteiger partial charge >= 0.3 is 0 Å². The third-order valence-electron chi connectivity index (χ3n) is 3.50. The molecule has 1 unspecified atom stereocenters. The maximum atomic E-state index is 5.93. The predicted molar refractivity (Wildman–Crippen MR) is 78.4 cm³/mol. The monoisotopic (exact) mass is 280 g/mol. The second-order valence-electron chi connectivity index (χ2n) is 4.83. The van der Waals surface area contributed by atoms with Gasteiger partial charge in [0.05, 0.1) is 6.61 Å². The van der Waals surface area contributed by atoms with Crippen molar-refractivity contribution in [3.8, 4) is 11.5 Å². The lowest BCUT2D eigenvalue weighted by Gasteiger charge is -2.28. The Hall–Kier alpha value is -1.30. The highest BCUT2D eigenvalue weighted by Gasteiger charge is 2.19. The van der Waals surface area contributed by atoms with Crippen molar-refractivity contribution in [2.24, 2.45) is 5.73 Å². The molecule has 0 spiro atoms. The number of fused-ring (bicyclic) bond motifs is 1. The molecule has 112 valence electrons. The van der Waals surface area contributed by atoms with Gasteiger partial charge in [-0.15, -0.1) is 0 Å². The minimum atomic E-state index is 0.159. The van der Waals surface area contributed by atoms with E-state index in [9.17, 15) is 0 Å². The highest BCUT2D eigenvalue weighted by Crippen LogP contribution is 2.33. The first kappa shape index (κ1) is 15.1. The average molecular weight is 280 g/mol. The lowest BCUT2D eigenvalue weighted by molar-refractivity contribution is 0.108. The molecule has 20 heavy (non-hydrogen) atoms. The summed E-state index contributed by atoms with van der Waals surface area (Å²) in [4.78, 5) is 2.21. The summed E-state index contributed by atoms with van der Waals surface area (Å²) in [6, 6.07) is 6.21. The highest BCUT2D eigenvalue weighted by atomic mass is 16.6. The molecular formula is C15H24N2O3. The maximum absolute atomic E-state index is 5.93. The van der Waals surface area contributed by atoms with Gasteiger partial charge in [0.2, 0.25) is 0 Å². The van der Waals surface area contributed by atoms with Crippen molar-refractivity contribution in [1.82, 2.24) is 4.90 Å². The quantitative estimate of drug-likeness (QED) is 0.766. The van der Waals surface area contributed by atoms with E-state index < -0.39 is 0 Å². The first-order valence-electron chi connectivity index (χ1n) is 7.13. The Morgan fingerprint density at radius 3 is 2.75 bits per heavy atom. The van der Waals surface area contributed by atoms with Gasteiger partial charge in [0.1, 0.15) is 13.2 Å². The molecule has 1 aromatic carbocycles. The van der Waals surface area contributed by atoms with Crippen LogP contribution in [0.5, 0.6) is 11.5 Å². The topological polar surface area (TPSA) is 57.0 Å². The van der Waals surface area contributed by atoms with Crippen molar-refractivity contribution in [3.05, 3.63) is 23.8 Å². The Bertz CT molecular complexity index is 426. The minimum absolute atomic E-state index is 0.159. The fourth-order valence-electron chi connectivity index (χ4n) is 2.35. The molecule has 5 heteroatoms. The van der Waals surface area contributed by atoms with E-state index in [1.807, 2.05) is 19.1 Å². The molecule has 2 N–H and O–H groups in total. The van der Waals surface area contributed by atoms with Crippen LogP contribution in [0.2, 0.25) is 0 Å². The Kier molecular flexibility index (Phi) is 5.64. The van der Waals surface area contributed by atoms with Gasteiger partial charge in [-0.25, -0.2) is 0 Å². The highest BCUT2D eigenvalue weighted by molar-refractivity contribution is 5.44. The van der Waals surface area contributed by atoms with Crippen LogP contribution in [0.25, 0.3) is 0 Å². The summed E-state index contributed by atoms with van der Waals surface area (Å²) in [5.74, 6) is 1.62. The molecule has 1 aromatic rings. The van der Waals surface area contributed by atoms with Gasteiger partial charge in [0.15, 0.2) is 11.5 Å². The summed E-state index contributed by atoms with van der Waals surface area (Å²) in [5.41, 5.74) is 7.08. The predicted octanol–water partition coefficient (Wildman–Crippen LogP) is 1.43. The summed E-state index contributed by atoms with van der Waals surface area (Å²) in [6.45, 7) is 6.08. The van der Waals surface area contributed by atoms with E-state index in [2.05, 4.69) is 18.0 Å². The third kappa shape index (κ3) is 3.62. The summed E-state index contributed by atoms with van der Waals surface area (Å²) >= 11 is 0. The van der Waals surface area contributed by atoms with Crippen LogP contribution in [0, 0.1) is 0 Å². The first-order valence-corrected chi connectivity index (χ1v) is 7.13. The number of rotatable bonds is 7. The molecule has 0 fully saturated rings. The van der Waals surface area contributed by atoms with Crippen molar-refractivity contribution < 1.29 is 14.2 Å². The number of hydrogen-bond donors (Lipinski definition) is 1. The Labute approximate surface area is 120 Å². The van der Waals surface area contributed by atoms with Gasteiger partial charge in [-0.2, -0.15) is 0 Å². The van der Waals surface area contributed by atoms with Crippen LogP contribution in [0.15, 0.2) is 18.2 Å². The average Bonchev–Trinajstić information content (AvgIpc) is 2.48. The normalized spacial score (nSPS) is 15.4. The standard InChI is InChI=1S/C15H24N2O3/c1-3-18-7-6-17(2)13(11-16)12-4-5-14-15(10-12)20-9-8-19-14/h4-5,10,13H,3,6-9,11,16H2,1-2H3. The van der Waals surface area contributed by atoms with Gasteiger partial charge in [-0.3, -0.25) is 4.90 Å². The molecule has 1 heterocycles. The van der Waals surface area contributed by atoms with Crippen LogP contribution in [0.3, 0.4) is 0 Å². The SMILES string of the molecule is CCOCCN(C)C(CN)c1ccc2c(c1)OCCO2. The molecule has 1 atom stereocenters. The van der Waals surface area contributed by atoms with Gasteiger partial charge in [-0.05, 0) is 31.7 Å². The second kappa shape index (κ2) is 7.47. The molecule has 0 radical (unpaired) electrons. The largest absolute Gasteiger partial charge is 0.486 e. The molecule has 5 nitrogen and oxygen atoms in total. The molecule has 1 aliphatic heterocycles. The van der Waals surface area contributed by atoms with Crippen LogP contribution in [-0.4, -0.2) is 51.5 Å². The smallest absolute Gasteiger partial charge is 0.161 e. The summed E-state index contributed by atoms with van der Waals surface area (Å²) in [5, 5.41) is 0. The third-order valence-corrected chi connectivity index (χ3v) is 3.50. The van der Waals surface area contributed by atoms with Crippen LogP contribution >= 0.6 is 0 Å². The summed E-state index contributed by atoms with van der Waals surface area (Å²) in [6.07, 6.45) is 0. The maximum Gasteiger partial charge on any atom is 0.161 e. The molecule has 0 amide bonds. The molecule has 2 rings (SSSR count). The Balaban J connectivity index is 2.06. The number of likely N-dealkylation sites (N-methyl/N-ethyl adjacent to an activating group) is 1. The minimum Gasteiger partial charge on any atom is -0.486 e. The number of nitrogens with zero attached hydrogens (tertiary/aromatic N) is 1. The van der Waals surface area contributed by atoms with E-state index in [-0.39, 0.29) is 6.04 Å². The molecule has 1 aliphatic rings. The first-order chi connectivity index (χ1) is 9.76.